The maximum Gasteiger partial charge on any atom is 0.220 e. The minimum Gasteiger partial charge on any atom is -0.394 e. The van der Waals surface area contributed by atoms with E-state index in [0.717, 1.165) is 51.4 Å². The molecule has 3 N–H and O–H groups in total. The molecule has 0 rings (SSSR count). The van der Waals surface area contributed by atoms with Gasteiger partial charge in [-0.05, 0) is 70.6 Å². The molecular formula is C38H69NO3. The van der Waals surface area contributed by atoms with Crippen molar-refractivity contribution in [2.75, 3.05) is 6.61 Å². The topological polar surface area (TPSA) is 69.6 Å². The summed E-state index contributed by atoms with van der Waals surface area (Å²) in [4.78, 5) is 12.3. The molecule has 0 bridgehead atoms. The van der Waals surface area contributed by atoms with Crippen LogP contribution in [0, 0.1) is 0 Å². The molecule has 0 saturated carbocycles. The number of hydrogen-bond donors (Lipinski definition) is 3. The summed E-state index contributed by atoms with van der Waals surface area (Å²) in [6.45, 7) is 4.25. The van der Waals surface area contributed by atoms with Gasteiger partial charge in [-0.2, -0.15) is 0 Å². The van der Waals surface area contributed by atoms with Gasteiger partial charge in [0.1, 0.15) is 0 Å². The average Bonchev–Trinajstić information content (AvgIpc) is 2.99. The first-order valence-electron chi connectivity index (χ1n) is 17.9. The minimum atomic E-state index is -0.874. The van der Waals surface area contributed by atoms with E-state index in [1.807, 2.05) is 6.08 Å². The highest BCUT2D eigenvalue weighted by Crippen LogP contribution is 2.10. The Morgan fingerprint density at radius 1 is 0.548 bits per heavy atom. The van der Waals surface area contributed by atoms with Crippen LogP contribution in [0.25, 0.3) is 0 Å². The fourth-order valence-corrected chi connectivity index (χ4v) is 4.97. The molecule has 0 aromatic rings. The van der Waals surface area contributed by atoms with Crippen LogP contribution in [0.2, 0.25) is 0 Å². The van der Waals surface area contributed by atoms with Crippen LogP contribution < -0.4 is 5.32 Å². The molecule has 0 aromatic heterocycles. The predicted octanol–water partition coefficient (Wildman–Crippen LogP) is 10.5. The Bertz CT molecular complexity index is 682. The third-order valence-corrected chi connectivity index (χ3v) is 7.76. The lowest BCUT2D eigenvalue weighted by Crippen LogP contribution is -2.45. The number of unbranched alkanes of at least 4 members (excludes halogenated alkanes) is 18. The number of aliphatic hydroxyl groups is 2. The molecule has 0 spiro atoms. The maximum atomic E-state index is 12.3. The summed E-state index contributed by atoms with van der Waals surface area (Å²) in [5, 5.41) is 22.8. The van der Waals surface area contributed by atoms with Crippen molar-refractivity contribution >= 4 is 5.91 Å². The van der Waals surface area contributed by atoms with Crippen LogP contribution in [0.1, 0.15) is 168 Å². The van der Waals surface area contributed by atoms with Gasteiger partial charge in [0.25, 0.3) is 0 Å². The van der Waals surface area contributed by atoms with Gasteiger partial charge in [0.05, 0.1) is 18.8 Å². The summed E-state index contributed by atoms with van der Waals surface area (Å²) in [5.74, 6) is -0.0977. The molecule has 2 unspecified atom stereocenters. The van der Waals surface area contributed by atoms with Crippen molar-refractivity contribution in [3.63, 3.8) is 0 Å². The monoisotopic (exact) mass is 588 g/mol. The molecule has 42 heavy (non-hydrogen) atoms. The highest BCUT2D eigenvalue weighted by atomic mass is 16.3. The number of carbonyl (C=O) groups is 1. The van der Waals surface area contributed by atoms with Crippen molar-refractivity contribution in [1.82, 2.24) is 5.32 Å². The van der Waals surface area contributed by atoms with E-state index in [4.69, 9.17) is 0 Å². The molecule has 0 aliphatic carbocycles. The third-order valence-electron chi connectivity index (χ3n) is 7.76. The van der Waals surface area contributed by atoms with Gasteiger partial charge in [-0.1, -0.05) is 140 Å². The van der Waals surface area contributed by atoms with Crippen molar-refractivity contribution in [1.29, 1.82) is 0 Å². The van der Waals surface area contributed by atoms with Gasteiger partial charge in [0.15, 0.2) is 0 Å². The Balaban J connectivity index is 3.76. The fraction of sp³-hybridized carbons (Fsp3) is 0.763. The largest absolute Gasteiger partial charge is 0.394 e. The molecule has 0 aliphatic heterocycles. The van der Waals surface area contributed by atoms with Crippen LogP contribution in [-0.2, 0) is 4.79 Å². The Hall–Kier alpha value is -1.65. The van der Waals surface area contributed by atoms with E-state index in [1.165, 1.54) is 96.3 Å². The van der Waals surface area contributed by atoms with Gasteiger partial charge < -0.3 is 15.5 Å². The molecule has 0 fully saturated rings. The first-order chi connectivity index (χ1) is 20.7. The number of nitrogens with one attached hydrogen (secondary N) is 1. The summed E-state index contributed by atoms with van der Waals surface area (Å²) in [7, 11) is 0. The standard InChI is InChI=1S/C38H69NO3/c1-3-5-7-9-11-13-15-17-18-19-20-22-23-25-27-29-31-33-37(41)36(35-40)39-38(42)34-32-30-28-26-24-21-16-14-12-10-8-6-4-2/h18-19,21,23-25,31,33,36-37,40-41H,3-17,20,22,26-30,32,34-35H2,1-2H3,(H,39,42)/b19-18+,24-21-,25-23+,33-31+. The number of rotatable bonds is 31. The normalized spacial score (nSPS) is 13.7. The zero-order valence-corrected chi connectivity index (χ0v) is 27.8. The zero-order chi connectivity index (χ0) is 30.8. The molecule has 0 aromatic carbocycles. The van der Waals surface area contributed by atoms with E-state index in [0.29, 0.717) is 6.42 Å². The molecule has 1 amide bonds. The first kappa shape index (κ1) is 40.4. The number of allylic oxidation sites excluding steroid dienone is 7. The van der Waals surface area contributed by atoms with Gasteiger partial charge in [-0.15, -0.1) is 0 Å². The van der Waals surface area contributed by atoms with Crippen molar-refractivity contribution in [2.45, 2.75) is 180 Å². The van der Waals surface area contributed by atoms with Gasteiger partial charge in [-0.25, -0.2) is 0 Å². The number of carbonyl (C=O) groups excluding carboxylic acids is 1. The van der Waals surface area contributed by atoms with Crippen molar-refractivity contribution < 1.29 is 15.0 Å². The second kappa shape index (κ2) is 33.8. The number of aliphatic hydroxyl groups excluding tert-OH is 2. The minimum absolute atomic E-state index is 0.0977. The first-order valence-corrected chi connectivity index (χ1v) is 17.9. The van der Waals surface area contributed by atoms with Gasteiger partial charge >= 0.3 is 0 Å². The van der Waals surface area contributed by atoms with Crippen LogP contribution in [0.4, 0.5) is 0 Å². The third kappa shape index (κ3) is 29.8. The summed E-state index contributed by atoms with van der Waals surface area (Å²) < 4.78 is 0. The fourth-order valence-electron chi connectivity index (χ4n) is 4.97. The summed E-state index contributed by atoms with van der Waals surface area (Å²) in [6.07, 6.45) is 44.8. The SMILES string of the molecule is CCCCCCCC/C=C\CCCCCC(=O)NC(CO)C(O)/C=C/CC/C=C/CC/C=C/CCCCCCCCC. The Morgan fingerprint density at radius 3 is 1.38 bits per heavy atom. The predicted molar refractivity (Wildman–Crippen MR) is 184 cm³/mol. The molecule has 4 nitrogen and oxygen atoms in total. The van der Waals surface area contributed by atoms with Crippen molar-refractivity contribution in [3.8, 4) is 0 Å². The Morgan fingerprint density at radius 2 is 0.929 bits per heavy atom. The van der Waals surface area contributed by atoms with Crippen LogP contribution in [-0.4, -0.2) is 34.9 Å². The van der Waals surface area contributed by atoms with E-state index < -0.39 is 12.1 Å². The maximum absolute atomic E-state index is 12.3. The van der Waals surface area contributed by atoms with Crippen LogP contribution in [0.15, 0.2) is 48.6 Å². The highest BCUT2D eigenvalue weighted by Gasteiger charge is 2.17. The molecule has 0 radical (unpaired) electrons. The van der Waals surface area contributed by atoms with Crippen LogP contribution >= 0.6 is 0 Å². The van der Waals surface area contributed by atoms with E-state index in [2.05, 4.69) is 55.6 Å². The van der Waals surface area contributed by atoms with E-state index in [9.17, 15) is 15.0 Å². The Kier molecular flexibility index (Phi) is 32.5. The van der Waals surface area contributed by atoms with E-state index >= 15 is 0 Å². The molecule has 2 atom stereocenters. The van der Waals surface area contributed by atoms with Crippen LogP contribution in [0.5, 0.6) is 0 Å². The van der Waals surface area contributed by atoms with Gasteiger partial charge in [0.2, 0.25) is 5.91 Å². The Labute approximate surface area is 261 Å². The van der Waals surface area contributed by atoms with Gasteiger partial charge in [-0.3, -0.25) is 4.79 Å². The number of hydrogen-bond acceptors (Lipinski definition) is 3. The van der Waals surface area contributed by atoms with Crippen molar-refractivity contribution in [3.05, 3.63) is 48.6 Å². The molecule has 244 valence electrons. The van der Waals surface area contributed by atoms with Gasteiger partial charge in [0, 0.05) is 6.42 Å². The van der Waals surface area contributed by atoms with E-state index in [1.54, 1.807) is 6.08 Å². The summed E-state index contributed by atoms with van der Waals surface area (Å²) in [5.41, 5.74) is 0. The molecule has 0 aliphatic rings. The average molecular weight is 588 g/mol. The lowest BCUT2D eigenvalue weighted by atomic mass is 10.1. The second-order valence-corrected chi connectivity index (χ2v) is 11.9. The summed E-state index contributed by atoms with van der Waals surface area (Å²) in [6, 6.07) is -0.651. The quantitative estimate of drug-likeness (QED) is 0.0558. The van der Waals surface area contributed by atoms with E-state index in [-0.39, 0.29) is 12.5 Å². The molecule has 4 heteroatoms. The molecule has 0 saturated heterocycles. The highest BCUT2D eigenvalue weighted by molar-refractivity contribution is 5.76. The van der Waals surface area contributed by atoms with Crippen LogP contribution in [0.3, 0.4) is 0 Å². The molecular weight excluding hydrogens is 518 g/mol. The number of amides is 1. The molecule has 0 heterocycles. The van der Waals surface area contributed by atoms with Crippen molar-refractivity contribution in [2.24, 2.45) is 0 Å². The summed E-state index contributed by atoms with van der Waals surface area (Å²) >= 11 is 0. The lowest BCUT2D eigenvalue weighted by molar-refractivity contribution is -0.123. The smallest absolute Gasteiger partial charge is 0.220 e. The lowest BCUT2D eigenvalue weighted by Gasteiger charge is -2.19. The zero-order valence-electron chi connectivity index (χ0n) is 27.8. The second-order valence-electron chi connectivity index (χ2n) is 11.9.